The predicted octanol–water partition coefficient (Wildman–Crippen LogP) is -1.19. The predicted molar refractivity (Wildman–Crippen MR) is 31.4 cm³/mol. The first kappa shape index (κ1) is 6.93. The number of hydrogen-bond donors (Lipinski definition) is 4. The Kier molecular flexibility index (Phi) is 3.55. The maximum absolute atomic E-state index is 5.16. The van der Waals surface area contributed by atoms with E-state index in [2.05, 4.69) is 21.9 Å². The smallest absolute Gasteiger partial charge is 0.118 e. The maximum Gasteiger partial charge on any atom is 0.118 e. The van der Waals surface area contributed by atoms with Crippen LogP contribution >= 0.6 is 0 Å². The van der Waals surface area contributed by atoms with Crippen molar-refractivity contribution in [3.63, 3.8) is 0 Å². The van der Waals surface area contributed by atoms with E-state index in [1.807, 2.05) is 0 Å². The second kappa shape index (κ2) is 4.10. The molecule has 0 aliphatic rings. The number of H-pyrrole nitrogens is 1. The Morgan fingerprint density at radius 2 is 2.12 bits per heavy atom. The number of nitrogens with zero attached hydrogens (tertiary/aromatic N) is 1. The second-order valence-corrected chi connectivity index (χ2v) is 1.01. The van der Waals surface area contributed by atoms with Crippen LogP contribution in [0.4, 0.5) is 5.82 Å². The SMILES string of the molecule is NN.Nc1ccn[nH]1. The number of rotatable bonds is 0. The first-order valence-electron chi connectivity index (χ1n) is 1.98. The fourth-order valence-corrected chi connectivity index (χ4v) is 0.267. The zero-order valence-electron chi connectivity index (χ0n) is 4.33. The van der Waals surface area contributed by atoms with Gasteiger partial charge in [-0.05, 0) is 6.07 Å². The van der Waals surface area contributed by atoms with Crippen LogP contribution < -0.4 is 17.4 Å². The summed E-state index contributed by atoms with van der Waals surface area (Å²) >= 11 is 0. The zero-order valence-corrected chi connectivity index (χ0v) is 4.33. The highest BCUT2D eigenvalue weighted by molar-refractivity contribution is 5.22. The van der Waals surface area contributed by atoms with Gasteiger partial charge in [0.15, 0.2) is 0 Å². The summed E-state index contributed by atoms with van der Waals surface area (Å²) in [6.07, 6.45) is 1.61. The number of nitrogen functional groups attached to an aromatic ring is 1. The molecule has 7 N–H and O–H groups in total. The summed E-state index contributed by atoms with van der Waals surface area (Å²) in [5.74, 6) is 8.61. The van der Waals surface area contributed by atoms with Crippen molar-refractivity contribution >= 4 is 5.82 Å². The minimum absolute atomic E-state index is 0.606. The maximum atomic E-state index is 5.16. The molecule has 1 rings (SSSR count). The Morgan fingerprint density at radius 3 is 2.25 bits per heavy atom. The van der Waals surface area contributed by atoms with Crippen LogP contribution in [0.5, 0.6) is 0 Å². The molecule has 0 atom stereocenters. The van der Waals surface area contributed by atoms with E-state index >= 15 is 0 Å². The van der Waals surface area contributed by atoms with Crippen LogP contribution in [0.25, 0.3) is 0 Å². The van der Waals surface area contributed by atoms with E-state index in [1.54, 1.807) is 12.3 Å². The van der Waals surface area contributed by atoms with Crippen molar-refractivity contribution in [1.82, 2.24) is 10.2 Å². The Morgan fingerprint density at radius 1 is 1.50 bits per heavy atom. The van der Waals surface area contributed by atoms with Crippen LogP contribution in [0.2, 0.25) is 0 Å². The van der Waals surface area contributed by atoms with Crippen LogP contribution in [0.3, 0.4) is 0 Å². The summed E-state index contributed by atoms with van der Waals surface area (Å²) in [5.41, 5.74) is 5.16. The number of nitrogens with two attached hydrogens (primary N) is 3. The summed E-state index contributed by atoms with van der Waals surface area (Å²) in [7, 11) is 0. The first-order chi connectivity index (χ1) is 3.89. The van der Waals surface area contributed by atoms with Crippen LogP contribution in [0, 0.1) is 0 Å². The standard InChI is InChI=1S/C3H5N3.H4N2/c4-3-1-2-5-6-3;1-2/h1-2H,(H3,4,5,6);1-2H2. The van der Waals surface area contributed by atoms with Crippen molar-refractivity contribution in [2.45, 2.75) is 0 Å². The van der Waals surface area contributed by atoms with Gasteiger partial charge in [-0.25, -0.2) is 0 Å². The molecule has 0 fully saturated rings. The first-order valence-corrected chi connectivity index (χ1v) is 1.98. The topological polar surface area (TPSA) is 107 Å². The van der Waals surface area contributed by atoms with Gasteiger partial charge in [-0.2, -0.15) is 5.10 Å². The lowest BCUT2D eigenvalue weighted by molar-refractivity contribution is 1.10. The molecule has 0 radical (unpaired) electrons. The minimum Gasteiger partial charge on any atom is -0.384 e. The molecule has 0 amide bonds. The highest BCUT2D eigenvalue weighted by atomic mass is 15.1. The van der Waals surface area contributed by atoms with Gasteiger partial charge in [0.1, 0.15) is 5.82 Å². The van der Waals surface area contributed by atoms with E-state index in [0.717, 1.165) is 0 Å². The van der Waals surface area contributed by atoms with Gasteiger partial charge in [0.05, 0.1) is 6.20 Å². The van der Waals surface area contributed by atoms with Gasteiger partial charge in [-0.3, -0.25) is 16.8 Å². The Bertz CT molecular complexity index is 111. The fraction of sp³-hybridized carbons (Fsp3) is 0. The Labute approximate surface area is 46.8 Å². The molecule has 5 heteroatoms. The summed E-state index contributed by atoms with van der Waals surface area (Å²) in [5, 5.41) is 6.10. The van der Waals surface area contributed by atoms with Crippen LogP contribution in [-0.2, 0) is 0 Å². The summed E-state index contributed by atoms with van der Waals surface area (Å²) < 4.78 is 0. The zero-order chi connectivity index (χ0) is 6.41. The molecule has 0 aliphatic carbocycles. The largest absolute Gasteiger partial charge is 0.384 e. The lowest BCUT2D eigenvalue weighted by atomic mass is 10.7. The third kappa shape index (κ3) is 2.17. The number of nitrogens with one attached hydrogen (secondary N) is 1. The van der Waals surface area contributed by atoms with Gasteiger partial charge in [0.2, 0.25) is 0 Å². The van der Waals surface area contributed by atoms with Gasteiger partial charge in [-0.15, -0.1) is 0 Å². The average molecular weight is 115 g/mol. The monoisotopic (exact) mass is 115 g/mol. The van der Waals surface area contributed by atoms with Gasteiger partial charge in [-0.1, -0.05) is 0 Å². The highest BCUT2D eigenvalue weighted by Crippen LogP contribution is 1.86. The number of anilines is 1. The van der Waals surface area contributed by atoms with Crippen molar-refractivity contribution in [2.75, 3.05) is 5.73 Å². The Balaban J connectivity index is 0.000000222. The van der Waals surface area contributed by atoms with Crippen LogP contribution in [0.1, 0.15) is 0 Å². The van der Waals surface area contributed by atoms with Gasteiger partial charge >= 0.3 is 0 Å². The van der Waals surface area contributed by atoms with Crippen molar-refractivity contribution in [3.8, 4) is 0 Å². The van der Waals surface area contributed by atoms with E-state index < -0.39 is 0 Å². The van der Waals surface area contributed by atoms with Gasteiger partial charge in [0.25, 0.3) is 0 Å². The molecule has 0 unspecified atom stereocenters. The summed E-state index contributed by atoms with van der Waals surface area (Å²) in [4.78, 5) is 0. The Hall–Kier alpha value is -1.07. The number of aromatic amines is 1. The van der Waals surface area contributed by atoms with Crippen molar-refractivity contribution in [3.05, 3.63) is 12.3 Å². The molecule has 1 heterocycles. The molecule has 1 aromatic rings. The normalized spacial score (nSPS) is 7.25. The highest BCUT2D eigenvalue weighted by Gasteiger charge is 1.74. The molecular formula is C3H9N5. The van der Waals surface area contributed by atoms with E-state index in [-0.39, 0.29) is 0 Å². The molecule has 0 spiro atoms. The lowest BCUT2D eigenvalue weighted by Gasteiger charge is -1.70. The third-order valence-electron chi connectivity index (χ3n) is 0.522. The lowest BCUT2D eigenvalue weighted by Crippen LogP contribution is -2.02. The van der Waals surface area contributed by atoms with Gasteiger partial charge < -0.3 is 5.73 Å². The number of aromatic nitrogens is 2. The molecular weight excluding hydrogens is 106 g/mol. The van der Waals surface area contributed by atoms with E-state index in [0.29, 0.717) is 5.82 Å². The molecule has 0 aromatic carbocycles. The number of hydrogen-bond acceptors (Lipinski definition) is 4. The molecule has 46 valence electrons. The quantitative estimate of drug-likeness (QED) is 0.252. The molecule has 5 nitrogen and oxygen atoms in total. The van der Waals surface area contributed by atoms with E-state index in [9.17, 15) is 0 Å². The summed E-state index contributed by atoms with van der Waals surface area (Å²) in [6.45, 7) is 0. The number of hydrazine groups is 1. The van der Waals surface area contributed by atoms with Crippen LogP contribution in [0.15, 0.2) is 12.3 Å². The second-order valence-electron chi connectivity index (χ2n) is 1.01. The van der Waals surface area contributed by atoms with Crippen molar-refractivity contribution in [1.29, 1.82) is 0 Å². The molecule has 8 heavy (non-hydrogen) atoms. The van der Waals surface area contributed by atoms with Crippen molar-refractivity contribution in [2.24, 2.45) is 11.7 Å². The molecule has 1 aromatic heterocycles. The van der Waals surface area contributed by atoms with E-state index in [1.165, 1.54) is 0 Å². The van der Waals surface area contributed by atoms with E-state index in [4.69, 9.17) is 5.73 Å². The fourth-order valence-electron chi connectivity index (χ4n) is 0.267. The summed E-state index contributed by atoms with van der Waals surface area (Å²) in [6, 6.07) is 1.69. The third-order valence-corrected chi connectivity index (χ3v) is 0.522. The van der Waals surface area contributed by atoms with Crippen molar-refractivity contribution < 1.29 is 0 Å². The average Bonchev–Trinajstić information content (AvgIpc) is 2.24. The van der Waals surface area contributed by atoms with Crippen LogP contribution in [-0.4, -0.2) is 10.2 Å². The molecule has 0 bridgehead atoms. The minimum atomic E-state index is 0.606. The molecule has 0 aliphatic heterocycles. The molecule has 0 saturated carbocycles. The molecule has 0 saturated heterocycles. The van der Waals surface area contributed by atoms with Gasteiger partial charge in [0, 0.05) is 0 Å².